The van der Waals surface area contributed by atoms with Crippen LogP contribution < -0.4 is 20.1 Å². The lowest BCUT2D eigenvalue weighted by molar-refractivity contribution is -0.145. The first-order chi connectivity index (χ1) is 17.4. The van der Waals surface area contributed by atoms with Crippen molar-refractivity contribution in [2.75, 3.05) is 25.0 Å². The molecule has 2 aliphatic heterocycles. The fourth-order valence-corrected chi connectivity index (χ4v) is 6.46. The summed E-state index contributed by atoms with van der Waals surface area (Å²) >= 11 is 0. The van der Waals surface area contributed by atoms with Gasteiger partial charge in [-0.2, -0.15) is 0 Å². The zero-order chi connectivity index (χ0) is 26.7. The SMILES string of the molecule is Cc1cc(NC(=O)c2c3c(cn2C)S(=O)(=O)N[C@@]2(C)CN(C(=O)C(=O)NC4CC4)C[C@H]2CO3)ccc1F. The van der Waals surface area contributed by atoms with Gasteiger partial charge in [-0.25, -0.2) is 17.5 Å². The Morgan fingerprint density at radius 3 is 2.65 bits per heavy atom. The molecule has 1 aromatic heterocycles. The van der Waals surface area contributed by atoms with Gasteiger partial charge in [-0.05, 0) is 50.5 Å². The smallest absolute Gasteiger partial charge is 0.311 e. The number of nitrogens with one attached hydrogen (secondary N) is 3. The van der Waals surface area contributed by atoms with E-state index in [9.17, 15) is 27.2 Å². The van der Waals surface area contributed by atoms with E-state index in [0.29, 0.717) is 11.3 Å². The lowest BCUT2D eigenvalue weighted by Gasteiger charge is -2.33. The molecule has 3 heterocycles. The van der Waals surface area contributed by atoms with Crippen LogP contribution >= 0.6 is 0 Å². The summed E-state index contributed by atoms with van der Waals surface area (Å²) in [5.74, 6) is -3.07. The standard InChI is InChI=1S/C24H28FN5O6S/c1-13-8-16(6-7-17(13)25)27-21(31)19-20-18(10-29(19)3)37(34,35)28-24(2)12-30(9-14(24)11-36-20)23(33)22(32)26-15-4-5-15/h6-8,10,14-15,28H,4-5,9,11-12H2,1-3H3,(H,26,32)(H,27,31)/t14-,24-/m0/s1. The maximum absolute atomic E-state index is 13.6. The van der Waals surface area contributed by atoms with Crippen LogP contribution in [-0.2, 0) is 26.7 Å². The Bertz CT molecular complexity index is 1420. The number of fused-ring (bicyclic) bond motifs is 2. The molecule has 1 saturated heterocycles. The molecule has 1 aliphatic carbocycles. The first kappa shape index (κ1) is 25.2. The Kier molecular flexibility index (Phi) is 6.02. The van der Waals surface area contributed by atoms with Crippen molar-refractivity contribution in [2.24, 2.45) is 13.0 Å². The maximum Gasteiger partial charge on any atom is 0.311 e. The number of anilines is 1. The number of nitrogens with zero attached hydrogens (tertiary/aromatic N) is 2. The molecule has 2 aromatic rings. The normalized spacial score (nSPS) is 24.2. The lowest BCUT2D eigenvalue weighted by Crippen LogP contribution is -2.54. The summed E-state index contributed by atoms with van der Waals surface area (Å²) in [6.45, 7) is 3.33. The molecule has 37 heavy (non-hydrogen) atoms. The highest BCUT2D eigenvalue weighted by Gasteiger charge is 2.50. The molecule has 3 amide bonds. The Balaban J connectivity index is 1.41. The average molecular weight is 534 g/mol. The number of ether oxygens (including phenoxy) is 1. The fourth-order valence-electron chi connectivity index (χ4n) is 4.81. The number of carbonyl (C=O) groups excluding carboxylic acids is 3. The molecular weight excluding hydrogens is 505 g/mol. The van der Waals surface area contributed by atoms with E-state index in [4.69, 9.17) is 4.74 Å². The topological polar surface area (TPSA) is 139 Å². The number of hydrogen-bond donors (Lipinski definition) is 3. The minimum atomic E-state index is -4.18. The summed E-state index contributed by atoms with van der Waals surface area (Å²) < 4.78 is 50.5. The van der Waals surface area contributed by atoms with Crippen LogP contribution in [0, 0.1) is 18.7 Å². The van der Waals surface area contributed by atoms with Crippen LogP contribution in [0.3, 0.4) is 0 Å². The Morgan fingerprint density at radius 2 is 1.97 bits per heavy atom. The molecule has 0 unspecified atom stereocenters. The molecule has 198 valence electrons. The molecule has 1 aromatic carbocycles. The van der Waals surface area contributed by atoms with E-state index in [2.05, 4.69) is 15.4 Å². The third-order valence-electron chi connectivity index (χ3n) is 7.07. The Morgan fingerprint density at radius 1 is 1.24 bits per heavy atom. The Hall–Kier alpha value is -3.45. The van der Waals surface area contributed by atoms with Crippen molar-refractivity contribution < 1.29 is 31.9 Å². The molecule has 13 heteroatoms. The summed E-state index contributed by atoms with van der Waals surface area (Å²) in [5.41, 5.74) is -0.433. The van der Waals surface area contributed by atoms with E-state index >= 15 is 0 Å². The van der Waals surface area contributed by atoms with Gasteiger partial charge in [0.15, 0.2) is 11.4 Å². The molecule has 3 aliphatic rings. The average Bonchev–Trinajstić information content (AvgIpc) is 3.48. The van der Waals surface area contributed by atoms with Gasteiger partial charge in [-0.15, -0.1) is 0 Å². The van der Waals surface area contributed by atoms with Crippen molar-refractivity contribution in [3.05, 3.63) is 41.5 Å². The predicted octanol–water partition coefficient (Wildman–Crippen LogP) is 0.891. The zero-order valence-corrected chi connectivity index (χ0v) is 21.4. The molecule has 0 bridgehead atoms. The second-order valence-corrected chi connectivity index (χ2v) is 11.8. The van der Waals surface area contributed by atoms with Crippen molar-refractivity contribution in [1.82, 2.24) is 19.5 Å². The van der Waals surface area contributed by atoms with Gasteiger partial charge in [-0.3, -0.25) is 14.4 Å². The van der Waals surface area contributed by atoms with E-state index < -0.39 is 45.0 Å². The number of rotatable bonds is 3. The zero-order valence-electron chi connectivity index (χ0n) is 20.6. The predicted molar refractivity (Wildman–Crippen MR) is 130 cm³/mol. The third kappa shape index (κ3) is 4.68. The summed E-state index contributed by atoms with van der Waals surface area (Å²) in [5, 5.41) is 5.32. The number of carbonyl (C=O) groups is 3. The van der Waals surface area contributed by atoms with Gasteiger partial charge >= 0.3 is 11.8 Å². The maximum atomic E-state index is 13.6. The van der Waals surface area contributed by atoms with E-state index in [0.717, 1.165) is 12.8 Å². The summed E-state index contributed by atoms with van der Waals surface area (Å²) in [6.07, 6.45) is 2.96. The van der Waals surface area contributed by atoms with E-state index in [1.807, 2.05) is 0 Å². The van der Waals surface area contributed by atoms with Gasteiger partial charge in [0.1, 0.15) is 10.7 Å². The molecule has 0 radical (unpaired) electrons. The molecular formula is C24H28FN5O6S. The van der Waals surface area contributed by atoms with E-state index in [-0.39, 0.29) is 42.1 Å². The minimum absolute atomic E-state index is 0.00000620. The van der Waals surface area contributed by atoms with Gasteiger partial charge in [0.2, 0.25) is 10.0 Å². The first-order valence-electron chi connectivity index (χ1n) is 11.9. The molecule has 3 N–H and O–H groups in total. The van der Waals surface area contributed by atoms with Crippen LogP contribution in [0.1, 0.15) is 35.8 Å². The molecule has 5 rings (SSSR count). The van der Waals surface area contributed by atoms with Crippen LogP contribution in [0.5, 0.6) is 5.75 Å². The number of hydrogen-bond acceptors (Lipinski definition) is 6. The van der Waals surface area contributed by atoms with Crippen LogP contribution in [0.4, 0.5) is 10.1 Å². The van der Waals surface area contributed by atoms with Gasteiger partial charge in [0, 0.05) is 44.0 Å². The molecule has 2 atom stereocenters. The van der Waals surface area contributed by atoms with Crippen molar-refractivity contribution in [3.63, 3.8) is 0 Å². The third-order valence-corrected chi connectivity index (χ3v) is 8.68. The van der Waals surface area contributed by atoms with Gasteiger partial charge < -0.3 is 24.8 Å². The highest BCUT2D eigenvalue weighted by atomic mass is 32.2. The minimum Gasteiger partial charge on any atom is -0.489 e. The lowest BCUT2D eigenvalue weighted by atomic mass is 9.91. The van der Waals surface area contributed by atoms with Crippen molar-refractivity contribution >= 4 is 33.4 Å². The second-order valence-electron chi connectivity index (χ2n) is 10.2. The summed E-state index contributed by atoms with van der Waals surface area (Å²) in [4.78, 5) is 39.3. The number of amides is 3. The molecule has 1 saturated carbocycles. The van der Waals surface area contributed by atoms with E-state index in [1.165, 1.54) is 40.9 Å². The monoisotopic (exact) mass is 533 g/mol. The first-order valence-corrected chi connectivity index (χ1v) is 13.4. The molecule has 2 fully saturated rings. The second kappa shape index (κ2) is 8.84. The van der Waals surface area contributed by atoms with Crippen LogP contribution in [0.2, 0.25) is 0 Å². The number of sulfonamides is 1. The molecule has 11 nitrogen and oxygen atoms in total. The Labute approximate surface area is 213 Å². The molecule has 0 spiro atoms. The quantitative estimate of drug-likeness (QED) is 0.501. The van der Waals surface area contributed by atoms with Gasteiger partial charge in [0.25, 0.3) is 5.91 Å². The van der Waals surface area contributed by atoms with Crippen molar-refractivity contribution in [2.45, 2.75) is 43.2 Å². The number of halogens is 1. The summed E-state index contributed by atoms with van der Waals surface area (Å²) in [6, 6.07) is 4.11. The van der Waals surface area contributed by atoms with Gasteiger partial charge in [0.05, 0.1) is 12.1 Å². The number of benzene rings is 1. The number of aromatic nitrogens is 1. The van der Waals surface area contributed by atoms with Gasteiger partial charge in [-0.1, -0.05) is 0 Å². The van der Waals surface area contributed by atoms with Crippen LogP contribution in [0.15, 0.2) is 29.3 Å². The summed E-state index contributed by atoms with van der Waals surface area (Å²) in [7, 11) is -2.65. The fraction of sp³-hybridized carbons (Fsp3) is 0.458. The highest BCUT2D eigenvalue weighted by molar-refractivity contribution is 7.89. The number of aryl methyl sites for hydroxylation is 2. The van der Waals surface area contributed by atoms with Crippen molar-refractivity contribution in [3.8, 4) is 5.75 Å². The van der Waals surface area contributed by atoms with Crippen molar-refractivity contribution in [1.29, 1.82) is 0 Å². The number of likely N-dealkylation sites (tertiary alicyclic amines) is 1. The van der Waals surface area contributed by atoms with Crippen LogP contribution in [0.25, 0.3) is 0 Å². The highest BCUT2D eigenvalue weighted by Crippen LogP contribution is 2.38. The largest absolute Gasteiger partial charge is 0.489 e. The van der Waals surface area contributed by atoms with E-state index in [1.54, 1.807) is 13.8 Å². The van der Waals surface area contributed by atoms with Crippen LogP contribution in [-0.4, -0.2) is 66.9 Å².